The molecule has 138 valence electrons. The van der Waals surface area contributed by atoms with Crippen molar-refractivity contribution in [1.82, 2.24) is 0 Å². The SMILES string of the molecule is CC1=C[C@@H](C/C(C)=C\COc2c3occc3cc3ccc(=O)oc23)OC1=O. The topological polar surface area (TPSA) is 78.9 Å². The van der Waals surface area contributed by atoms with Gasteiger partial charge in [0.15, 0.2) is 11.2 Å². The van der Waals surface area contributed by atoms with Crippen molar-refractivity contribution in [1.29, 1.82) is 0 Å². The van der Waals surface area contributed by atoms with Gasteiger partial charge in [0.05, 0.1) is 6.26 Å². The second-order valence-electron chi connectivity index (χ2n) is 6.58. The standard InChI is InChI=1S/C21H18O6/c1-12(9-16-10-13(2)21(23)26-16)5-7-25-20-18-15(6-8-24-18)11-14-3-4-17(22)27-19(14)20/h3-6,8,10-11,16H,7,9H2,1-2H3/b12-5-/t16-/m1/s1. The van der Waals surface area contributed by atoms with Crippen molar-refractivity contribution >= 4 is 27.9 Å². The van der Waals surface area contributed by atoms with E-state index >= 15 is 0 Å². The second-order valence-corrected chi connectivity index (χ2v) is 6.58. The van der Waals surface area contributed by atoms with Gasteiger partial charge >= 0.3 is 11.6 Å². The molecule has 0 spiro atoms. The third kappa shape index (κ3) is 3.38. The quantitative estimate of drug-likeness (QED) is 0.384. The van der Waals surface area contributed by atoms with Gasteiger partial charge in [-0.3, -0.25) is 0 Å². The lowest BCUT2D eigenvalue weighted by atomic mass is 10.1. The molecule has 0 N–H and O–H groups in total. The highest BCUT2D eigenvalue weighted by Crippen LogP contribution is 2.35. The normalized spacial score (nSPS) is 17.4. The molecule has 4 rings (SSSR count). The average molecular weight is 366 g/mol. The Hall–Kier alpha value is -3.28. The first-order valence-electron chi connectivity index (χ1n) is 8.63. The summed E-state index contributed by atoms with van der Waals surface area (Å²) >= 11 is 0. The summed E-state index contributed by atoms with van der Waals surface area (Å²) in [6.07, 6.45) is 5.67. The number of furan rings is 1. The minimum Gasteiger partial charge on any atom is -0.482 e. The lowest BCUT2D eigenvalue weighted by molar-refractivity contribution is -0.139. The van der Waals surface area contributed by atoms with Crippen LogP contribution in [-0.4, -0.2) is 18.7 Å². The lowest BCUT2D eigenvalue weighted by Gasteiger charge is -2.10. The van der Waals surface area contributed by atoms with E-state index in [-0.39, 0.29) is 18.7 Å². The molecule has 0 aliphatic carbocycles. The minimum atomic E-state index is -0.449. The first-order chi connectivity index (χ1) is 13.0. The number of ether oxygens (including phenoxy) is 2. The molecule has 0 unspecified atom stereocenters. The monoisotopic (exact) mass is 366 g/mol. The van der Waals surface area contributed by atoms with Crippen molar-refractivity contribution in [2.75, 3.05) is 6.61 Å². The number of esters is 1. The van der Waals surface area contributed by atoms with Crippen LogP contribution < -0.4 is 10.4 Å². The molecule has 1 aliphatic heterocycles. The molecule has 3 aromatic rings. The van der Waals surface area contributed by atoms with Gasteiger partial charge in [0.1, 0.15) is 12.7 Å². The number of hydrogen-bond acceptors (Lipinski definition) is 6. The van der Waals surface area contributed by atoms with Crippen molar-refractivity contribution in [3.05, 3.63) is 64.2 Å². The van der Waals surface area contributed by atoms with E-state index in [0.717, 1.165) is 16.3 Å². The third-order valence-electron chi connectivity index (χ3n) is 4.48. The van der Waals surface area contributed by atoms with Gasteiger partial charge in [0, 0.05) is 28.8 Å². The number of benzene rings is 1. The summed E-state index contributed by atoms with van der Waals surface area (Å²) in [5.41, 5.74) is 2.10. The summed E-state index contributed by atoms with van der Waals surface area (Å²) in [5.74, 6) is 0.132. The van der Waals surface area contributed by atoms with Gasteiger partial charge in [-0.2, -0.15) is 0 Å². The van der Waals surface area contributed by atoms with Crippen LogP contribution in [0.4, 0.5) is 0 Å². The Morgan fingerprint density at radius 2 is 2.00 bits per heavy atom. The van der Waals surface area contributed by atoms with Crippen molar-refractivity contribution in [2.24, 2.45) is 0 Å². The number of cyclic esters (lactones) is 1. The summed E-state index contributed by atoms with van der Waals surface area (Å²) < 4.78 is 22.0. The highest BCUT2D eigenvalue weighted by Gasteiger charge is 2.22. The summed E-state index contributed by atoms with van der Waals surface area (Å²) in [7, 11) is 0. The molecule has 0 saturated heterocycles. The van der Waals surface area contributed by atoms with E-state index in [1.54, 1.807) is 19.3 Å². The van der Waals surface area contributed by atoms with Crippen LogP contribution in [0.1, 0.15) is 20.3 Å². The minimum absolute atomic E-state index is 0.235. The van der Waals surface area contributed by atoms with E-state index in [1.165, 1.54) is 6.07 Å². The van der Waals surface area contributed by atoms with Crippen LogP contribution in [0, 0.1) is 0 Å². The molecule has 0 fully saturated rings. The molecule has 1 aromatic carbocycles. The first-order valence-corrected chi connectivity index (χ1v) is 8.63. The van der Waals surface area contributed by atoms with Crippen molar-refractivity contribution in [3.63, 3.8) is 0 Å². The van der Waals surface area contributed by atoms with Gasteiger partial charge in [0.25, 0.3) is 0 Å². The molecule has 2 aromatic heterocycles. The summed E-state index contributed by atoms with van der Waals surface area (Å²) in [6.45, 7) is 3.96. The van der Waals surface area contributed by atoms with Crippen LogP contribution in [0.25, 0.3) is 21.9 Å². The summed E-state index contributed by atoms with van der Waals surface area (Å²) in [6, 6.07) is 6.79. The smallest absolute Gasteiger partial charge is 0.336 e. The number of rotatable bonds is 5. The molecular weight excluding hydrogens is 348 g/mol. The van der Waals surface area contributed by atoms with Gasteiger partial charge in [0.2, 0.25) is 5.75 Å². The van der Waals surface area contributed by atoms with Gasteiger partial charge < -0.3 is 18.3 Å². The Bertz CT molecular complexity index is 1140. The fourth-order valence-corrected chi connectivity index (χ4v) is 3.12. The van der Waals surface area contributed by atoms with E-state index in [1.807, 2.05) is 31.2 Å². The van der Waals surface area contributed by atoms with Crippen LogP contribution in [0.15, 0.2) is 67.5 Å². The maximum absolute atomic E-state index is 11.6. The van der Waals surface area contributed by atoms with Gasteiger partial charge in [-0.1, -0.05) is 5.57 Å². The van der Waals surface area contributed by atoms with E-state index in [9.17, 15) is 9.59 Å². The highest BCUT2D eigenvalue weighted by atomic mass is 16.5. The Balaban J connectivity index is 1.56. The maximum Gasteiger partial charge on any atom is 0.336 e. The van der Waals surface area contributed by atoms with Crippen molar-refractivity contribution in [2.45, 2.75) is 26.4 Å². The molecule has 3 heterocycles. The number of fused-ring (bicyclic) bond motifs is 2. The van der Waals surface area contributed by atoms with E-state index < -0.39 is 5.63 Å². The maximum atomic E-state index is 11.6. The number of carbonyl (C=O) groups is 1. The summed E-state index contributed by atoms with van der Waals surface area (Å²) in [4.78, 5) is 23.1. The van der Waals surface area contributed by atoms with E-state index in [0.29, 0.717) is 28.9 Å². The van der Waals surface area contributed by atoms with E-state index in [4.69, 9.17) is 18.3 Å². The molecule has 0 radical (unpaired) electrons. The molecular formula is C21H18O6. The van der Waals surface area contributed by atoms with Gasteiger partial charge in [-0.25, -0.2) is 9.59 Å². The van der Waals surface area contributed by atoms with Crippen molar-refractivity contribution in [3.8, 4) is 5.75 Å². The number of carbonyl (C=O) groups excluding carboxylic acids is 1. The predicted molar refractivity (Wildman–Crippen MR) is 99.8 cm³/mol. The summed E-state index contributed by atoms with van der Waals surface area (Å²) in [5, 5.41) is 1.63. The molecule has 1 aliphatic rings. The first kappa shape index (κ1) is 17.1. The highest BCUT2D eigenvalue weighted by molar-refractivity contribution is 5.99. The van der Waals surface area contributed by atoms with Crippen LogP contribution in [-0.2, 0) is 9.53 Å². The van der Waals surface area contributed by atoms with Gasteiger partial charge in [-0.15, -0.1) is 0 Å². The molecule has 0 bridgehead atoms. The zero-order valence-corrected chi connectivity index (χ0v) is 15.0. The van der Waals surface area contributed by atoms with Gasteiger partial charge in [-0.05, 0) is 44.2 Å². The zero-order valence-electron chi connectivity index (χ0n) is 15.0. The largest absolute Gasteiger partial charge is 0.482 e. The lowest BCUT2D eigenvalue weighted by Crippen LogP contribution is -2.08. The van der Waals surface area contributed by atoms with Crippen LogP contribution in [0.2, 0.25) is 0 Å². The van der Waals surface area contributed by atoms with Crippen LogP contribution in [0.3, 0.4) is 0 Å². The molecule has 6 heteroatoms. The number of hydrogen-bond donors (Lipinski definition) is 0. The Kier molecular flexibility index (Phi) is 4.32. The Morgan fingerprint density at radius 3 is 2.78 bits per heavy atom. The van der Waals surface area contributed by atoms with Crippen molar-refractivity contribution < 1.29 is 23.1 Å². The predicted octanol–water partition coefficient (Wildman–Crippen LogP) is 4.13. The molecule has 1 atom stereocenters. The Morgan fingerprint density at radius 1 is 1.19 bits per heavy atom. The van der Waals surface area contributed by atoms with Crippen LogP contribution >= 0.6 is 0 Å². The molecule has 0 amide bonds. The average Bonchev–Trinajstić information content (AvgIpc) is 3.21. The third-order valence-corrected chi connectivity index (χ3v) is 4.48. The molecule has 27 heavy (non-hydrogen) atoms. The fourth-order valence-electron chi connectivity index (χ4n) is 3.12. The Labute approximate surface area is 154 Å². The molecule has 6 nitrogen and oxygen atoms in total. The second kappa shape index (κ2) is 6.79. The molecule has 0 saturated carbocycles. The van der Waals surface area contributed by atoms with Crippen LogP contribution in [0.5, 0.6) is 5.75 Å². The fraction of sp³-hybridized carbons (Fsp3) is 0.238. The zero-order chi connectivity index (χ0) is 19.0. The van der Waals surface area contributed by atoms with E-state index in [2.05, 4.69) is 0 Å².